The van der Waals surface area contributed by atoms with E-state index < -0.39 is 17.6 Å². The van der Waals surface area contributed by atoms with Crippen LogP contribution in [0.5, 0.6) is 0 Å². The quantitative estimate of drug-likeness (QED) is 0.862. The van der Waals surface area contributed by atoms with Gasteiger partial charge in [-0.2, -0.15) is 13.2 Å². The normalized spacial score (nSPS) is 11.2. The van der Waals surface area contributed by atoms with Gasteiger partial charge in [-0.3, -0.25) is 4.79 Å². The van der Waals surface area contributed by atoms with Crippen molar-refractivity contribution in [3.05, 3.63) is 46.3 Å². The lowest BCUT2D eigenvalue weighted by atomic mass is 10.2. The molecule has 1 amide bonds. The van der Waals surface area contributed by atoms with E-state index in [0.29, 0.717) is 4.47 Å². The van der Waals surface area contributed by atoms with Gasteiger partial charge in [-0.05, 0) is 34.1 Å². The maximum Gasteiger partial charge on any atom is 0.416 e. The number of hydrogen-bond acceptors (Lipinski definition) is 4. The zero-order chi connectivity index (χ0) is 15.6. The molecule has 0 aliphatic heterocycles. The fourth-order valence-corrected chi connectivity index (χ4v) is 1.78. The van der Waals surface area contributed by atoms with Crippen LogP contribution in [0.2, 0.25) is 0 Å². The molecule has 1 aromatic carbocycles. The molecule has 1 heterocycles. The van der Waals surface area contributed by atoms with E-state index in [2.05, 4.69) is 31.2 Å². The second-order valence-corrected chi connectivity index (χ2v) is 4.83. The third kappa shape index (κ3) is 3.69. The first-order valence-corrected chi connectivity index (χ1v) is 6.32. The lowest BCUT2D eigenvalue weighted by Crippen LogP contribution is -2.15. The summed E-state index contributed by atoms with van der Waals surface area (Å²) in [5.74, 6) is -0.561. The highest BCUT2D eigenvalue weighted by Gasteiger charge is 2.31. The summed E-state index contributed by atoms with van der Waals surface area (Å²) in [4.78, 5) is 19.3. The summed E-state index contributed by atoms with van der Waals surface area (Å²) in [5, 5.41) is 2.33. The Labute approximate surface area is 125 Å². The van der Waals surface area contributed by atoms with Crippen LogP contribution in [0.4, 0.5) is 24.7 Å². The molecular formula is C12H8BrF3N4O. The summed E-state index contributed by atoms with van der Waals surface area (Å²) in [6.45, 7) is 0. The van der Waals surface area contributed by atoms with E-state index in [1.54, 1.807) is 0 Å². The minimum Gasteiger partial charge on any atom is -0.382 e. The maximum atomic E-state index is 12.6. The standard InChI is InChI=1S/C12H8BrF3N4O/c13-7-2-1-6(12(14,15)16)3-8(7)20-11(21)9-4-19-10(17)5-18-9/h1-5H,(H2,17,19)(H,20,21). The fourth-order valence-electron chi connectivity index (χ4n) is 1.44. The maximum absolute atomic E-state index is 12.6. The van der Waals surface area contributed by atoms with Crippen LogP contribution >= 0.6 is 15.9 Å². The Morgan fingerprint density at radius 1 is 1.24 bits per heavy atom. The van der Waals surface area contributed by atoms with Gasteiger partial charge in [0.1, 0.15) is 11.5 Å². The minimum atomic E-state index is -4.50. The van der Waals surface area contributed by atoms with Gasteiger partial charge in [-0.15, -0.1) is 0 Å². The molecule has 110 valence electrons. The van der Waals surface area contributed by atoms with Crippen molar-refractivity contribution in [3.63, 3.8) is 0 Å². The minimum absolute atomic E-state index is 0.0200. The summed E-state index contributed by atoms with van der Waals surface area (Å²) in [5.41, 5.74) is 4.38. The Morgan fingerprint density at radius 2 is 1.95 bits per heavy atom. The molecule has 0 saturated carbocycles. The summed E-state index contributed by atoms with van der Waals surface area (Å²) in [6.07, 6.45) is -2.19. The number of benzene rings is 1. The van der Waals surface area contributed by atoms with Crippen LogP contribution in [0, 0.1) is 0 Å². The Hall–Kier alpha value is -2.16. The van der Waals surface area contributed by atoms with E-state index in [1.807, 2.05) is 0 Å². The van der Waals surface area contributed by atoms with Crippen molar-refractivity contribution >= 4 is 33.3 Å². The van der Waals surface area contributed by atoms with Crippen molar-refractivity contribution < 1.29 is 18.0 Å². The molecule has 0 aliphatic rings. The van der Waals surface area contributed by atoms with Gasteiger partial charge in [0.25, 0.3) is 5.91 Å². The molecule has 2 aromatic rings. The smallest absolute Gasteiger partial charge is 0.382 e. The molecule has 0 aliphatic carbocycles. The third-order valence-corrected chi connectivity index (χ3v) is 3.14. The van der Waals surface area contributed by atoms with Crippen molar-refractivity contribution in [1.29, 1.82) is 0 Å². The van der Waals surface area contributed by atoms with Crippen molar-refractivity contribution in [2.45, 2.75) is 6.18 Å². The van der Waals surface area contributed by atoms with Crippen molar-refractivity contribution in [2.75, 3.05) is 11.1 Å². The molecule has 0 unspecified atom stereocenters. The van der Waals surface area contributed by atoms with E-state index >= 15 is 0 Å². The highest BCUT2D eigenvalue weighted by Crippen LogP contribution is 2.34. The Balaban J connectivity index is 2.26. The number of nitrogen functional groups attached to an aromatic ring is 1. The second-order valence-electron chi connectivity index (χ2n) is 3.97. The molecule has 0 fully saturated rings. The predicted molar refractivity (Wildman–Crippen MR) is 73.5 cm³/mol. The zero-order valence-corrected chi connectivity index (χ0v) is 11.9. The summed E-state index contributed by atoms with van der Waals surface area (Å²) in [7, 11) is 0. The van der Waals surface area contributed by atoms with Gasteiger partial charge in [-0.1, -0.05) is 0 Å². The number of hydrogen-bond donors (Lipinski definition) is 2. The number of nitrogens with zero attached hydrogens (tertiary/aromatic N) is 2. The van der Waals surface area contributed by atoms with Crippen LogP contribution in [0.3, 0.4) is 0 Å². The molecule has 0 radical (unpaired) electrons. The van der Waals surface area contributed by atoms with E-state index in [0.717, 1.165) is 18.3 Å². The first-order valence-electron chi connectivity index (χ1n) is 5.53. The molecule has 0 bridgehead atoms. The number of alkyl halides is 3. The molecule has 3 N–H and O–H groups in total. The van der Waals surface area contributed by atoms with Gasteiger partial charge in [0.2, 0.25) is 0 Å². The molecule has 5 nitrogen and oxygen atoms in total. The number of nitrogens with two attached hydrogens (primary N) is 1. The molecule has 1 aromatic heterocycles. The van der Waals surface area contributed by atoms with E-state index in [1.165, 1.54) is 12.3 Å². The average Bonchev–Trinajstić information content (AvgIpc) is 2.40. The molecular weight excluding hydrogens is 353 g/mol. The average molecular weight is 361 g/mol. The Bertz CT molecular complexity index is 673. The predicted octanol–water partition coefficient (Wildman–Crippen LogP) is 3.09. The van der Waals surface area contributed by atoms with E-state index in [4.69, 9.17) is 5.73 Å². The van der Waals surface area contributed by atoms with Crippen LogP contribution < -0.4 is 11.1 Å². The molecule has 0 atom stereocenters. The highest BCUT2D eigenvalue weighted by molar-refractivity contribution is 9.10. The number of aromatic nitrogens is 2. The van der Waals surface area contributed by atoms with Crippen molar-refractivity contribution in [1.82, 2.24) is 9.97 Å². The number of amides is 1. The van der Waals surface area contributed by atoms with E-state index in [-0.39, 0.29) is 17.2 Å². The van der Waals surface area contributed by atoms with Gasteiger partial charge < -0.3 is 11.1 Å². The first kappa shape index (κ1) is 15.2. The third-order valence-electron chi connectivity index (χ3n) is 2.45. The molecule has 0 spiro atoms. The van der Waals surface area contributed by atoms with Gasteiger partial charge in [0.05, 0.1) is 23.6 Å². The monoisotopic (exact) mass is 360 g/mol. The lowest BCUT2D eigenvalue weighted by Gasteiger charge is -2.11. The van der Waals surface area contributed by atoms with Crippen LogP contribution in [-0.2, 0) is 6.18 Å². The van der Waals surface area contributed by atoms with Gasteiger partial charge in [-0.25, -0.2) is 9.97 Å². The fraction of sp³-hybridized carbons (Fsp3) is 0.0833. The SMILES string of the molecule is Nc1cnc(C(=O)Nc2cc(C(F)(F)F)ccc2Br)cn1. The molecule has 9 heteroatoms. The first-order chi connectivity index (χ1) is 9.77. The molecule has 2 rings (SSSR count). The Morgan fingerprint density at radius 3 is 2.52 bits per heavy atom. The summed E-state index contributed by atoms with van der Waals surface area (Å²) < 4.78 is 38.2. The van der Waals surface area contributed by atoms with Crippen LogP contribution in [0.15, 0.2) is 35.1 Å². The van der Waals surface area contributed by atoms with Crippen molar-refractivity contribution in [3.8, 4) is 0 Å². The number of anilines is 2. The second kappa shape index (κ2) is 5.68. The summed E-state index contributed by atoms with van der Waals surface area (Å²) in [6, 6.07) is 2.93. The van der Waals surface area contributed by atoms with Crippen molar-refractivity contribution in [2.24, 2.45) is 0 Å². The highest BCUT2D eigenvalue weighted by atomic mass is 79.9. The van der Waals surface area contributed by atoms with Gasteiger partial charge in [0.15, 0.2) is 0 Å². The molecule has 21 heavy (non-hydrogen) atoms. The van der Waals surface area contributed by atoms with Crippen LogP contribution in [0.25, 0.3) is 0 Å². The Kier molecular flexibility index (Phi) is 4.12. The lowest BCUT2D eigenvalue weighted by molar-refractivity contribution is -0.137. The van der Waals surface area contributed by atoms with Crippen LogP contribution in [-0.4, -0.2) is 15.9 Å². The van der Waals surface area contributed by atoms with Gasteiger partial charge in [0, 0.05) is 4.47 Å². The number of rotatable bonds is 2. The van der Waals surface area contributed by atoms with Crippen LogP contribution in [0.1, 0.15) is 16.1 Å². The number of carbonyl (C=O) groups excluding carboxylic acids is 1. The zero-order valence-electron chi connectivity index (χ0n) is 10.3. The molecule has 0 saturated heterocycles. The number of carbonyl (C=O) groups is 1. The summed E-state index contributed by atoms with van der Waals surface area (Å²) >= 11 is 3.07. The largest absolute Gasteiger partial charge is 0.416 e. The number of nitrogens with one attached hydrogen (secondary N) is 1. The topological polar surface area (TPSA) is 80.9 Å². The van der Waals surface area contributed by atoms with Gasteiger partial charge >= 0.3 is 6.18 Å². The number of halogens is 4. The van der Waals surface area contributed by atoms with E-state index in [9.17, 15) is 18.0 Å².